The zero-order valence-electron chi connectivity index (χ0n) is 20.3. The molecule has 0 spiro atoms. The first-order valence-corrected chi connectivity index (χ1v) is 14.4. The van der Waals surface area contributed by atoms with Gasteiger partial charge in [-0.05, 0) is 54.0 Å². The van der Waals surface area contributed by atoms with Crippen LogP contribution in [0.3, 0.4) is 0 Å². The van der Waals surface area contributed by atoms with Gasteiger partial charge in [-0.25, -0.2) is 8.42 Å². The molecule has 0 bridgehead atoms. The predicted molar refractivity (Wildman–Crippen MR) is 144 cm³/mol. The van der Waals surface area contributed by atoms with Crippen molar-refractivity contribution < 1.29 is 13.2 Å². The molecule has 0 saturated carbocycles. The summed E-state index contributed by atoms with van der Waals surface area (Å²) in [5, 5.41) is 3.29. The van der Waals surface area contributed by atoms with Crippen LogP contribution in [0.4, 0.5) is 0 Å². The first-order chi connectivity index (χ1) is 16.9. The van der Waals surface area contributed by atoms with E-state index in [1.807, 2.05) is 49.1 Å². The number of sulfonamides is 1. The van der Waals surface area contributed by atoms with Gasteiger partial charge >= 0.3 is 0 Å². The van der Waals surface area contributed by atoms with Crippen LogP contribution < -0.4 is 0 Å². The van der Waals surface area contributed by atoms with Crippen molar-refractivity contribution >= 4 is 33.3 Å². The summed E-state index contributed by atoms with van der Waals surface area (Å²) in [7, 11) is -3.76. The lowest BCUT2D eigenvalue weighted by Gasteiger charge is -2.37. The van der Waals surface area contributed by atoms with Crippen LogP contribution in [-0.2, 0) is 21.2 Å². The Bertz CT molecular complexity index is 1270. The van der Waals surface area contributed by atoms with Gasteiger partial charge in [-0.3, -0.25) is 4.79 Å². The fourth-order valence-corrected chi connectivity index (χ4v) is 6.46. The first kappa shape index (κ1) is 25.4. The maximum atomic E-state index is 13.7. The average molecular weight is 509 g/mol. The van der Waals surface area contributed by atoms with Crippen LogP contribution in [0.1, 0.15) is 52.9 Å². The summed E-state index contributed by atoms with van der Waals surface area (Å²) >= 11 is 1.72. The molecule has 7 heteroatoms. The number of rotatable bonds is 9. The van der Waals surface area contributed by atoms with Crippen LogP contribution in [0, 0.1) is 6.92 Å². The molecule has 5 nitrogen and oxygen atoms in total. The summed E-state index contributed by atoms with van der Waals surface area (Å²) in [5.74, 6) is -0.166. The Labute approximate surface area is 212 Å². The molecule has 35 heavy (non-hydrogen) atoms. The van der Waals surface area contributed by atoms with E-state index in [0.29, 0.717) is 19.5 Å². The molecule has 1 atom stereocenters. The van der Waals surface area contributed by atoms with Gasteiger partial charge in [-0.2, -0.15) is 4.31 Å². The molecule has 0 aliphatic carbocycles. The molecule has 2 aromatic carbocycles. The van der Waals surface area contributed by atoms with Gasteiger partial charge in [0.05, 0.1) is 12.6 Å². The lowest BCUT2D eigenvalue weighted by atomic mass is 9.92. The fraction of sp³-hybridized carbons (Fsp3) is 0.321. The Morgan fingerprint density at radius 3 is 2.57 bits per heavy atom. The Hall–Kier alpha value is -2.74. The normalized spacial score (nSPS) is 16.1. The molecule has 184 valence electrons. The van der Waals surface area contributed by atoms with Crippen LogP contribution in [-0.4, -0.2) is 43.2 Å². The second-order valence-corrected chi connectivity index (χ2v) is 11.7. The third-order valence-electron chi connectivity index (χ3n) is 6.34. The van der Waals surface area contributed by atoms with Gasteiger partial charge in [0.25, 0.3) is 0 Å². The summed E-state index contributed by atoms with van der Waals surface area (Å²) in [6.45, 7) is 4.79. The smallest absolute Gasteiger partial charge is 0.238 e. The molecule has 0 saturated heterocycles. The van der Waals surface area contributed by atoms with E-state index in [2.05, 4.69) is 35.7 Å². The van der Waals surface area contributed by atoms with Crippen molar-refractivity contribution in [1.82, 2.24) is 9.21 Å². The van der Waals surface area contributed by atoms with Gasteiger partial charge in [-0.1, -0.05) is 73.5 Å². The Kier molecular flexibility index (Phi) is 8.21. The molecule has 2 heterocycles. The molecule has 0 fully saturated rings. The summed E-state index contributed by atoms with van der Waals surface area (Å²) in [4.78, 5) is 16.8. The fourth-order valence-electron chi connectivity index (χ4n) is 4.38. The van der Waals surface area contributed by atoms with Crippen molar-refractivity contribution in [2.24, 2.45) is 0 Å². The SMILES string of the molecule is CCCCN(CC(=O)N1CCc2sccc2C1c1ccc(C)cc1)S(=O)(=O)/C=C/c1ccccc1. The van der Waals surface area contributed by atoms with Gasteiger partial charge in [-0.15, -0.1) is 11.3 Å². The third kappa shape index (κ3) is 6.10. The highest BCUT2D eigenvalue weighted by Gasteiger charge is 2.34. The van der Waals surface area contributed by atoms with Crippen molar-refractivity contribution in [1.29, 1.82) is 0 Å². The van der Waals surface area contributed by atoms with Gasteiger partial charge < -0.3 is 4.90 Å². The minimum Gasteiger partial charge on any atom is -0.330 e. The van der Waals surface area contributed by atoms with Crippen molar-refractivity contribution in [2.75, 3.05) is 19.6 Å². The van der Waals surface area contributed by atoms with E-state index in [0.717, 1.165) is 35.1 Å². The third-order valence-corrected chi connectivity index (χ3v) is 8.85. The van der Waals surface area contributed by atoms with E-state index >= 15 is 0 Å². The summed E-state index contributed by atoms with van der Waals surface area (Å²) < 4.78 is 27.8. The van der Waals surface area contributed by atoms with E-state index in [9.17, 15) is 13.2 Å². The monoisotopic (exact) mass is 508 g/mol. The largest absolute Gasteiger partial charge is 0.330 e. The first-order valence-electron chi connectivity index (χ1n) is 12.0. The topological polar surface area (TPSA) is 57.7 Å². The number of hydrogen-bond donors (Lipinski definition) is 0. The standard InChI is InChI=1S/C28H32N2O3S2/c1-3-4-17-29(35(32,33)20-16-23-8-6-5-7-9-23)21-27(31)30-18-14-26-25(15-19-34-26)28(30)24-12-10-22(2)11-13-24/h5-13,15-16,19-20,28H,3-4,14,17-18,21H2,1-2H3/b20-16+. The van der Waals surface area contributed by atoms with E-state index < -0.39 is 10.0 Å². The zero-order valence-corrected chi connectivity index (χ0v) is 21.9. The average Bonchev–Trinajstić information content (AvgIpc) is 3.35. The minimum atomic E-state index is -3.76. The molecule has 1 unspecified atom stereocenters. The minimum absolute atomic E-state index is 0.163. The molecule has 1 aliphatic rings. The van der Waals surface area contributed by atoms with Gasteiger partial charge in [0.15, 0.2) is 0 Å². The number of hydrogen-bond acceptors (Lipinski definition) is 4. The van der Waals surface area contributed by atoms with Gasteiger partial charge in [0.2, 0.25) is 15.9 Å². The molecular formula is C28H32N2O3S2. The highest BCUT2D eigenvalue weighted by molar-refractivity contribution is 7.92. The number of amides is 1. The Morgan fingerprint density at radius 1 is 1.11 bits per heavy atom. The van der Waals surface area contributed by atoms with Crippen molar-refractivity contribution in [2.45, 2.75) is 39.2 Å². The molecule has 4 rings (SSSR count). The Balaban J connectivity index is 1.60. The highest BCUT2D eigenvalue weighted by atomic mass is 32.2. The summed E-state index contributed by atoms with van der Waals surface area (Å²) in [6.07, 6.45) is 3.92. The maximum absolute atomic E-state index is 13.7. The van der Waals surface area contributed by atoms with Gasteiger partial charge in [0.1, 0.15) is 0 Å². The van der Waals surface area contributed by atoms with Gasteiger partial charge in [0, 0.05) is 23.4 Å². The second kappa shape index (κ2) is 11.3. The van der Waals surface area contributed by atoms with Crippen LogP contribution in [0.5, 0.6) is 0 Å². The van der Waals surface area contributed by atoms with Crippen LogP contribution >= 0.6 is 11.3 Å². The number of unbranched alkanes of at least 4 members (excludes halogenated alkanes) is 1. The molecule has 3 aromatic rings. The molecule has 1 aromatic heterocycles. The van der Waals surface area contributed by atoms with E-state index in [1.165, 1.54) is 14.6 Å². The van der Waals surface area contributed by atoms with E-state index in [-0.39, 0.29) is 18.5 Å². The number of thiophene rings is 1. The van der Waals surface area contributed by atoms with Crippen molar-refractivity contribution in [3.8, 4) is 0 Å². The predicted octanol–water partition coefficient (Wildman–Crippen LogP) is 5.63. The summed E-state index contributed by atoms with van der Waals surface area (Å²) in [6, 6.07) is 19.5. The molecular weight excluding hydrogens is 476 g/mol. The van der Waals surface area contributed by atoms with Crippen LogP contribution in [0.2, 0.25) is 0 Å². The number of aryl methyl sites for hydroxylation is 1. The molecule has 0 radical (unpaired) electrons. The maximum Gasteiger partial charge on any atom is 0.238 e. The molecule has 0 N–H and O–H groups in total. The number of carbonyl (C=O) groups excluding carboxylic acids is 1. The van der Waals surface area contributed by atoms with Crippen molar-refractivity contribution in [3.63, 3.8) is 0 Å². The van der Waals surface area contributed by atoms with E-state index in [4.69, 9.17) is 0 Å². The highest BCUT2D eigenvalue weighted by Crippen LogP contribution is 2.38. The lowest BCUT2D eigenvalue weighted by molar-refractivity contribution is -0.133. The van der Waals surface area contributed by atoms with Crippen LogP contribution in [0.25, 0.3) is 6.08 Å². The molecule has 1 aliphatic heterocycles. The second-order valence-electron chi connectivity index (χ2n) is 8.89. The van der Waals surface area contributed by atoms with E-state index in [1.54, 1.807) is 17.4 Å². The van der Waals surface area contributed by atoms with Crippen molar-refractivity contribution in [3.05, 3.63) is 98.6 Å². The lowest BCUT2D eigenvalue weighted by Crippen LogP contribution is -2.46. The van der Waals surface area contributed by atoms with Crippen LogP contribution in [0.15, 0.2) is 71.5 Å². The quantitative estimate of drug-likeness (QED) is 0.376. The molecule has 1 amide bonds. The number of fused-ring (bicyclic) bond motifs is 1. The zero-order chi connectivity index (χ0) is 24.8. The summed E-state index contributed by atoms with van der Waals surface area (Å²) in [5.41, 5.74) is 4.16. The number of carbonyl (C=O) groups is 1. The number of benzene rings is 2. The Morgan fingerprint density at radius 2 is 1.86 bits per heavy atom. The number of nitrogens with zero attached hydrogens (tertiary/aromatic N) is 2.